The van der Waals surface area contributed by atoms with E-state index in [1.807, 2.05) is 24.3 Å². The highest BCUT2D eigenvalue weighted by Gasteiger charge is 2.10. The third kappa shape index (κ3) is 11.5. The second-order valence-corrected chi connectivity index (χ2v) is 15.1. The summed E-state index contributed by atoms with van der Waals surface area (Å²) in [6, 6.07) is 49.5. The van der Waals surface area contributed by atoms with Crippen molar-refractivity contribution in [1.29, 1.82) is 0 Å². The molecule has 53 heavy (non-hydrogen) atoms. The average Bonchev–Trinajstić information content (AvgIpc) is 3.17. The summed E-state index contributed by atoms with van der Waals surface area (Å²) in [5, 5.41) is 0. The SMILES string of the molecule is CCCCCc1cc(Cc2ccc(Cc3ccc(Cc4ccc(Cc5ccc(N)cc5)c(CCCCC)c4)cc3)cc2)ccc1Cc1ccc(N)cc1. The van der Waals surface area contributed by atoms with Crippen molar-refractivity contribution in [2.24, 2.45) is 0 Å². The lowest BCUT2D eigenvalue weighted by Crippen LogP contribution is -2.00. The van der Waals surface area contributed by atoms with Gasteiger partial charge in [0.25, 0.3) is 0 Å². The van der Waals surface area contributed by atoms with E-state index in [9.17, 15) is 0 Å². The van der Waals surface area contributed by atoms with Gasteiger partial charge in [0.05, 0.1) is 0 Å². The number of benzene rings is 6. The fourth-order valence-corrected chi connectivity index (χ4v) is 7.49. The van der Waals surface area contributed by atoms with Crippen LogP contribution in [0.4, 0.5) is 11.4 Å². The Kier molecular flexibility index (Phi) is 13.6. The molecule has 0 saturated carbocycles. The van der Waals surface area contributed by atoms with Crippen LogP contribution in [-0.2, 0) is 44.9 Å². The van der Waals surface area contributed by atoms with Crippen LogP contribution >= 0.6 is 0 Å². The van der Waals surface area contributed by atoms with Crippen molar-refractivity contribution in [2.75, 3.05) is 11.5 Å². The molecule has 0 spiro atoms. The van der Waals surface area contributed by atoms with Crippen LogP contribution in [0.15, 0.2) is 133 Å². The Morgan fingerprint density at radius 3 is 0.925 bits per heavy atom. The Balaban J connectivity index is 1.06. The summed E-state index contributed by atoms with van der Waals surface area (Å²) in [5.74, 6) is 0. The highest BCUT2D eigenvalue weighted by Crippen LogP contribution is 2.24. The molecule has 0 fully saturated rings. The van der Waals surface area contributed by atoms with E-state index in [1.165, 1.54) is 105 Å². The first-order valence-corrected chi connectivity index (χ1v) is 20.0. The zero-order valence-electron chi connectivity index (χ0n) is 32.0. The summed E-state index contributed by atoms with van der Waals surface area (Å²) in [6.07, 6.45) is 14.6. The van der Waals surface area contributed by atoms with E-state index in [0.717, 1.165) is 56.3 Å². The molecule has 0 amide bonds. The van der Waals surface area contributed by atoms with Crippen molar-refractivity contribution in [3.05, 3.63) is 200 Å². The van der Waals surface area contributed by atoms with Gasteiger partial charge in [0.15, 0.2) is 0 Å². The number of nitrogens with two attached hydrogens (primary N) is 2. The van der Waals surface area contributed by atoms with Gasteiger partial charge in [0.1, 0.15) is 0 Å². The van der Waals surface area contributed by atoms with Gasteiger partial charge in [-0.05, 0) is 149 Å². The summed E-state index contributed by atoms with van der Waals surface area (Å²) in [6.45, 7) is 4.56. The van der Waals surface area contributed by atoms with Crippen molar-refractivity contribution in [3.8, 4) is 0 Å². The molecule has 0 aliphatic heterocycles. The second kappa shape index (κ2) is 19.1. The topological polar surface area (TPSA) is 52.0 Å². The summed E-state index contributed by atoms with van der Waals surface area (Å²) < 4.78 is 0. The van der Waals surface area contributed by atoms with E-state index in [0.29, 0.717) is 0 Å². The van der Waals surface area contributed by atoms with E-state index in [2.05, 4.69) is 123 Å². The highest BCUT2D eigenvalue weighted by atomic mass is 14.5. The second-order valence-electron chi connectivity index (χ2n) is 15.1. The van der Waals surface area contributed by atoms with Crippen molar-refractivity contribution < 1.29 is 0 Å². The van der Waals surface area contributed by atoms with Crippen molar-refractivity contribution in [1.82, 2.24) is 0 Å². The van der Waals surface area contributed by atoms with Crippen molar-refractivity contribution >= 4 is 11.4 Å². The molecule has 2 heteroatoms. The summed E-state index contributed by atoms with van der Waals surface area (Å²) in [5.41, 5.74) is 30.2. The van der Waals surface area contributed by atoms with Gasteiger partial charge in [-0.1, -0.05) is 149 Å². The summed E-state index contributed by atoms with van der Waals surface area (Å²) >= 11 is 0. The molecule has 0 heterocycles. The molecule has 6 rings (SSSR count). The fraction of sp³-hybridized carbons (Fsp3) is 0.294. The molecule has 0 aliphatic carbocycles. The van der Waals surface area contributed by atoms with Gasteiger partial charge < -0.3 is 11.5 Å². The predicted octanol–water partition coefficient (Wildman–Crippen LogP) is 12.3. The molecular weight excluding hydrogens is 641 g/mol. The number of hydrogen-bond acceptors (Lipinski definition) is 2. The maximum atomic E-state index is 5.94. The van der Waals surface area contributed by atoms with E-state index in [-0.39, 0.29) is 0 Å². The van der Waals surface area contributed by atoms with Gasteiger partial charge in [0, 0.05) is 11.4 Å². The summed E-state index contributed by atoms with van der Waals surface area (Å²) in [4.78, 5) is 0. The fourth-order valence-electron chi connectivity index (χ4n) is 7.49. The Morgan fingerprint density at radius 1 is 0.302 bits per heavy atom. The first kappa shape index (κ1) is 37.7. The van der Waals surface area contributed by atoms with Crippen LogP contribution in [-0.4, -0.2) is 0 Å². The molecule has 4 N–H and O–H groups in total. The minimum absolute atomic E-state index is 0.822. The average molecular weight is 699 g/mol. The maximum Gasteiger partial charge on any atom is 0.0314 e. The Morgan fingerprint density at radius 2 is 0.585 bits per heavy atom. The number of anilines is 2. The van der Waals surface area contributed by atoms with Crippen LogP contribution < -0.4 is 11.5 Å². The zero-order chi connectivity index (χ0) is 36.8. The zero-order valence-corrected chi connectivity index (χ0v) is 32.0. The van der Waals surface area contributed by atoms with Crippen LogP contribution in [0.1, 0.15) is 119 Å². The first-order valence-electron chi connectivity index (χ1n) is 20.0. The summed E-state index contributed by atoms with van der Waals surface area (Å²) in [7, 11) is 0. The molecule has 6 aromatic rings. The van der Waals surface area contributed by atoms with E-state index in [4.69, 9.17) is 11.5 Å². The predicted molar refractivity (Wildman–Crippen MR) is 228 cm³/mol. The lowest BCUT2D eigenvalue weighted by atomic mass is 9.92. The van der Waals surface area contributed by atoms with Gasteiger partial charge in [-0.2, -0.15) is 0 Å². The lowest BCUT2D eigenvalue weighted by Gasteiger charge is -2.13. The van der Waals surface area contributed by atoms with Gasteiger partial charge >= 0.3 is 0 Å². The maximum absolute atomic E-state index is 5.94. The molecule has 0 saturated heterocycles. The van der Waals surface area contributed by atoms with Gasteiger partial charge in [-0.25, -0.2) is 0 Å². The number of unbranched alkanes of at least 4 members (excludes halogenated alkanes) is 4. The molecule has 6 aromatic carbocycles. The Labute approximate surface area is 319 Å². The smallest absolute Gasteiger partial charge is 0.0314 e. The van der Waals surface area contributed by atoms with Crippen LogP contribution in [0, 0.1) is 0 Å². The minimum Gasteiger partial charge on any atom is -0.399 e. The van der Waals surface area contributed by atoms with Crippen LogP contribution in [0.2, 0.25) is 0 Å². The monoisotopic (exact) mass is 698 g/mol. The van der Waals surface area contributed by atoms with Gasteiger partial charge in [-0.15, -0.1) is 0 Å². The molecule has 0 atom stereocenters. The number of rotatable bonds is 18. The third-order valence-electron chi connectivity index (χ3n) is 10.7. The molecular formula is C51H58N2. The Bertz CT molecular complexity index is 1850. The molecule has 272 valence electrons. The van der Waals surface area contributed by atoms with E-state index < -0.39 is 0 Å². The molecule has 0 aliphatic rings. The lowest BCUT2D eigenvalue weighted by molar-refractivity contribution is 0.713. The van der Waals surface area contributed by atoms with E-state index >= 15 is 0 Å². The van der Waals surface area contributed by atoms with Gasteiger partial charge in [-0.3, -0.25) is 0 Å². The van der Waals surface area contributed by atoms with Crippen molar-refractivity contribution in [3.63, 3.8) is 0 Å². The molecule has 2 nitrogen and oxygen atoms in total. The minimum atomic E-state index is 0.822. The third-order valence-corrected chi connectivity index (χ3v) is 10.7. The number of aryl methyl sites for hydroxylation is 2. The van der Waals surface area contributed by atoms with Crippen LogP contribution in [0.25, 0.3) is 0 Å². The number of hydrogen-bond donors (Lipinski definition) is 2. The van der Waals surface area contributed by atoms with E-state index in [1.54, 1.807) is 0 Å². The van der Waals surface area contributed by atoms with Crippen molar-refractivity contribution in [2.45, 2.75) is 97.3 Å². The van der Waals surface area contributed by atoms with Crippen LogP contribution in [0.5, 0.6) is 0 Å². The Hall–Kier alpha value is -5.08. The quantitative estimate of drug-likeness (QED) is 0.0693. The standard InChI is InChI=1S/C51H58N2/c1-3-5-7-9-46-36-44(19-25-48(46)34-42-21-27-50(52)28-22-42)32-40-15-11-38(12-16-40)31-39-13-17-41(18-14-39)33-45-20-26-49(47(37-45)10-8-6-4-2)35-43-23-29-51(53)30-24-43/h11-30,36-37H,3-10,31-35,52-53H2,1-2H3. The van der Waals surface area contributed by atoms with Gasteiger partial charge in [0.2, 0.25) is 0 Å². The first-order chi connectivity index (χ1) is 25.9. The highest BCUT2D eigenvalue weighted by molar-refractivity contribution is 5.45. The molecule has 0 radical (unpaired) electrons. The largest absolute Gasteiger partial charge is 0.399 e. The molecule has 0 aromatic heterocycles. The molecule has 0 bridgehead atoms. The van der Waals surface area contributed by atoms with Crippen LogP contribution in [0.3, 0.4) is 0 Å². The normalized spacial score (nSPS) is 11.2. The molecule has 0 unspecified atom stereocenters. The number of nitrogen functional groups attached to an aromatic ring is 2.